The largest absolute Gasteiger partial charge is 0.395 e. The van der Waals surface area contributed by atoms with Crippen molar-refractivity contribution in [3.8, 4) is 0 Å². The van der Waals surface area contributed by atoms with Crippen molar-refractivity contribution in [2.45, 2.75) is 13.1 Å². The first-order chi connectivity index (χ1) is 6.04. The molecule has 2 nitrogen and oxygen atoms in total. The van der Waals surface area contributed by atoms with E-state index in [0.717, 1.165) is 0 Å². The van der Waals surface area contributed by atoms with Crippen LogP contribution in [-0.2, 0) is 4.74 Å². The highest BCUT2D eigenvalue weighted by atomic mass is 19.4. The lowest BCUT2D eigenvalue weighted by atomic mass is 10.1. The normalized spacial score (nSPS) is 27.2. The lowest BCUT2D eigenvalue weighted by molar-refractivity contribution is -0.186. The van der Waals surface area contributed by atoms with E-state index < -0.39 is 12.1 Å². The SMILES string of the molecule is CCN1CCOCC(C(F)(F)F)C1. The summed E-state index contributed by atoms with van der Waals surface area (Å²) < 4.78 is 41.9. The lowest BCUT2D eigenvalue weighted by Gasteiger charge is -2.23. The van der Waals surface area contributed by atoms with Crippen LogP contribution in [0.4, 0.5) is 13.2 Å². The molecule has 1 fully saturated rings. The molecule has 1 heterocycles. The monoisotopic (exact) mass is 197 g/mol. The number of alkyl halides is 3. The van der Waals surface area contributed by atoms with Crippen LogP contribution >= 0.6 is 0 Å². The van der Waals surface area contributed by atoms with Crippen molar-refractivity contribution >= 4 is 0 Å². The van der Waals surface area contributed by atoms with Gasteiger partial charge in [0.2, 0.25) is 0 Å². The molecule has 0 aliphatic carbocycles. The topological polar surface area (TPSA) is 12.5 Å². The second-order valence-corrected chi connectivity index (χ2v) is 3.21. The number of ether oxygens (including phenoxy) is 1. The first-order valence-corrected chi connectivity index (χ1v) is 4.41. The Kier molecular flexibility index (Phi) is 3.55. The van der Waals surface area contributed by atoms with Gasteiger partial charge < -0.3 is 9.64 Å². The second-order valence-electron chi connectivity index (χ2n) is 3.21. The van der Waals surface area contributed by atoms with Gasteiger partial charge in [0.25, 0.3) is 0 Å². The number of halogens is 3. The smallest absolute Gasteiger partial charge is 0.379 e. The summed E-state index contributed by atoms with van der Waals surface area (Å²) in [4.78, 5) is 1.77. The summed E-state index contributed by atoms with van der Waals surface area (Å²) in [6, 6.07) is 0. The van der Waals surface area contributed by atoms with Gasteiger partial charge in [-0.05, 0) is 6.54 Å². The molecule has 0 bridgehead atoms. The zero-order valence-corrected chi connectivity index (χ0v) is 7.60. The fourth-order valence-electron chi connectivity index (χ4n) is 1.36. The maximum Gasteiger partial charge on any atom is 0.395 e. The van der Waals surface area contributed by atoms with E-state index in [9.17, 15) is 13.2 Å². The minimum atomic E-state index is -4.13. The van der Waals surface area contributed by atoms with Gasteiger partial charge >= 0.3 is 6.18 Å². The van der Waals surface area contributed by atoms with Crippen LogP contribution in [0.1, 0.15) is 6.92 Å². The van der Waals surface area contributed by atoms with Crippen molar-refractivity contribution < 1.29 is 17.9 Å². The Labute approximate surface area is 75.7 Å². The molecule has 1 rings (SSSR count). The van der Waals surface area contributed by atoms with Crippen LogP contribution in [0.25, 0.3) is 0 Å². The molecular formula is C8H14F3NO. The maximum atomic E-state index is 12.3. The van der Waals surface area contributed by atoms with Crippen LogP contribution in [0.3, 0.4) is 0 Å². The summed E-state index contributed by atoms with van der Waals surface area (Å²) in [5.74, 6) is -1.32. The van der Waals surface area contributed by atoms with Gasteiger partial charge in [-0.25, -0.2) is 0 Å². The molecule has 0 spiro atoms. The summed E-state index contributed by atoms with van der Waals surface area (Å²) in [5.41, 5.74) is 0. The van der Waals surface area contributed by atoms with E-state index in [-0.39, 0.29) is 13.2 Å². The molecule has 0 aromatic heterocycles. The number of hydrogen-bond donors (Lipinski definition) is 0. The Bertz CT molecular complexity index is 160. The quantitative estimate of drug-likeness (QED) is 0.632. The van der Waals surface area contributed by atoms with Crippen molar-refractivity contribution in [3.63, 3.8) is 0 Å². The minimum absolute atomic E-state index is 0.0694. The summed E-state index contributed by atoms with van der Waals surface area (Å²) >= 11 is 0. The van der Waals surface area contributed by atoms with Crippen LogP contribution in [0, 0.1) is 5.92 Å². The molecular weight excluding hydrogens is 183 g/mol. The zero-order valence-electron chi connectivity index (χ0n) is 7.60. The van der Waals surface area contributed by atoms with Gasteiger partial charge in [0, 0.05) is 13.1 Å². The molecule has 1 aliphatic heterocycles. The van der Waals surface area contributed by atoms with E-state index in [0.29, 0.717) is 19.7 Å². The third-order valence-electron chi connectivity index (χ3n) is 2.26. The maximum absolute atomic E-state index is 12.3. The molecule has 78 valence electrons. The average Bonchev–Trinajstić information content (AvgIpc) is 2.27. The Morgan fingerprint density at radius 2 is 2.15 bits per heavy atom. The van der Waals surface area contributed by atoms with Crippen LogP contribution < -0.4 is 0 Å². The summed E-state index contributed by atoms with van der Waals surface area (Å²) in [6.45, 7) is 3.39. The van der Waals surface area contributed by atoms with E-state index in [1.54, 1.807) is 4.90 Å². The number of likely N-dealkylation sites (N-methyl/N-ethyl adjacent to an activating group) is 1. The standard InChI is InChI=1S/C8H14F3NO/c1-2-12-3-4-13-6-7(5-12)8(9,10)11/h7H,2-6H2,1H3. The Morgan fingerprint density at radius 1 is 1.46 bits per heavy atom. The molecule has 1 saturated heterocycles. The number of nitrogens with zero attached hydrogens (tertiary/aromatic N) is 1. The fourth-order valence-corrected chi connectivity index (χ4v) is 1.36. The molecule has 0 aromatic carbocycles. The van der Waals surface area contributed by atoms with Gasteiger partial charge in [0.1, 0.15) is 0 Å². The zero-order chi connectivity index (χ0) is 9.90. The van der Waals surface area contributed by atoms with Crippen LogP contribution in [-0.4, -0.2) is 43.9 Å². The van der Waals surface area contributed by atoms with E-state index in [1.807, 2.05) is 6.92 Å². The van der Waals surface area contributed by atoms with E-state index in [1.165, 1.54) is 0 Å². The highest BCUT2D eigenvalue weighted by Gasteiger charge is 2.41. The van der Waals surface area contributed by atoms with Crippen LogP contribution in [0.2, 0.25) is 0 Å². The second kappa shape index (κ2) is 4.28. The Balaban J connectivity index is 2.54. The molecule has 0 saturated carbocycles. The average molecular weight is 197 g/mol. The molecule has 0 N–H and O–H groups in total. The summed E-state index contributed by atoms with van der Waals surface area (Å²) in [5, 5.41) is 0. The molecule has 0 amide bonds. The van der Waals surface area contributed by atoms with E-state index in [4.69, 9.17) is 4.74 Å². The molecule has 1 unspecified atom stereocenters. The molecule has 1 atom stereocenters. The predicted molar refractivity (Wildman–Crippen MR) is 42.5 cm³/mol. The Morgan fingerprint density at radius 3 is 2.69 bits per heavy atom. The van der Waals surface area contributed by atoms with Crippen molar-refractivity contribution in [2.24, 2.45) is 5.92 Å². The molecule has 0 radical (unpaired) electrons. The number of rotatable bonds is 1. The third kappa shape index (κ3) is 3.15. The molecule has 13 heavy (non-hydrogen) atoms. The van der Waals surface area contributed by atoms with E-state index in [2.05, 4.69) is 0 Å². The fraction of sp³-hybridized carbons (Fsp3) is 1.00. The molecule has 1 aliphatic rings. The van der Waals surface area contributed by atoms with Gasteiger partial charge in [-0.2, -0.15) is 13.2 Å². The van der Waals surface area contributed by atoms with Gasteiger partial charge in [0.05, 0.1) is 19.1 Å². The van der Waals surface area contributed by atoms with Crippen molar-refractivity contribution in [1.29, 1.82) is 0 Å². The number of hydrogen-bond acceptors (Lipinski definition) is 2. The lowest BCUT2D eigenvalue weighted by Crippen LogP contribution is -2.37. The van der Waals surface area contributed by atoms with Gasteiger partial charge in [-0.1, -0.05) is 6.92 Å². The van der Waals surface area contributed by atoms with Crippen molar-refractivity contribution in [2.75, 3.05) is 32.8 Å². The Hall–Kier alpha value is -0.290. The van der Waals surface area contributed by atoms with Crippen molar-refractivity contribution in [1.82, 2.24) is 4.90 Å². The highest BCUT2D eigenvalue weighted by molar-refractivity contribution is 4.74. The summed E-state index contributed by atoms with van der Waals surface area (Å²) in [7, 11) is 0. The van der Waals surface area contributed by atoms with E-state index >= 15 is 0 Å². The first-order valence-electron chi connectivity index (χ1n) is 4.41. The predicted octanol–water partition coefficient (Wildman–Crippen LogP) is 1.52. The highest BCUT2D eigenvalue weighted by Crippen LogP contribution is 2.28. The summed E-state index contributed by atoms with van der Waals surface area (Å²) in [6.07, 6.45) is -4.13. The van der Waals surface area contributed by atoms with Gasteiger partial charge in [-0.3, -0.25) is 0 Å². The van der Waals surface area contributed by atoms with Gasteiger partial charge in [0.15, 0.2) is 0 Å². The molecule has 5 heteroatoms. The van der Waals surface area contributed by atoms with Crippen molar-refractivity contribution in [3.05, 3.63) is 0 Å². The third-order valence-corrected chi connectivity index (χ3v) is 2.26. The first kappa shape index (κ1) is 10.8. The minimum Gasteiger partial charge on any atom is -0.379 e. The van der Waals surface area contributed by atoms with Gasteiger partial charge in [-0.15, -0.1) is 0 Å². The van der Waals surface area contributed by atoms with Crippen LogP contribution in [0.5, 0.6) is 0 Å². The molecule has 0 aromatic rings. The van der Waals surface area contributed by atoms with Crippen LogP contribution in [0.15, 0.2) is 0 Å².